The summed E-state index contributed by atoms with van der Waals surface area (Å²) in [5.74, 6) is 0. The molecular weight excluding hydrogens is 380 g/mol. The molecule has 138 valence electrons. The first-order valence-corrected chi connectivity index (χ1v) is 10.8. The fourth-order valence-electron chi connectivity index (χ4n) is 2.78. The van der Waals surface area contributed by atoms with Gasteiger partial charge in [-0.15, -0.1) is 22.7 Å². The Hall–Kier alpha value is -2.82. The molecule has 0 saturated heterocycles. The van der Waals surface area contributed by atoms with Gasteiger partial charge in [0.25, 0.3) is 0 Å². The van der Waals surface area contributed by atoms with Crippen molar-refractivity contribution in [2.24, 2.45) is 9.98 Å². The second kappa shape index (κ2) is 8.46. The van der Waals surface area contributed by atoms with E-state index in [1.165, 1.54) is 32.0 Å². The summed E-state index contributed by atoms with van der Waals surface area (Å²) in [6.07, 6.45) is 3.88. The molecule has 4 aromatic rings. The standard InChI is InChI=1S/C24H20N2S2/c1-17-11-13-27-23(17)15-25-21-7-3-19(4-8-21)20-5-9-22(10-6-20)26-16-24-18(2)12-14-28-24/h3-16H,1-2H3. The van der Waals surface area contributed by atoms with E-state index in [0.29, 0.717) is 0 Å². The molecule has 0 aliphatic rings. The molecule has 0 spiro atoms. The summed E-state index contributed by atoms with van der Waals surface area (Å²) in [4.78, 5) is 11.6. The molecule has 0 amide bonds. The average molecular weight is 401 g/mol. The van der Waals surface area contributed by atoms with Crippen molar-refractivity contribution < 1.29 is 0 Å². The molecule has 0 saturated carbocycles. The van der Waals surface area contributed by atoms with Crippen LogP contribution in [0.3, 0.4) is 0 Å². The van der Waals surface area contributed by atoms with Crippen LogP contribution in [-0.4, -0.2) is 12.4 Å². The lowest BCUT2D eigenvalue weighted by atomic mass is 10.1. The van der Waals surface area contributed by atoms with Gasteiger partial charge in [-0.1, -0.05) is 24.3 Å². The summed E-state index contributed by atoms with van der Waals surface area (Å²) in [5, 5.41) is 4.18. The van der Waals surface area contributed by atoms with Gasteiger partial charge >= 0.3 is 0 Å². The molecule has 0 radical (unpaired) electrons. The highest BCUT2D eigenvalue weighted by molar-refractivity contribution is 7.12. The Morgan fingerprint density at radius 2 is 0.964 bits per heavy atom. The van der Waals surface area contributed by atoms with Crippen LogP contribution in [0.2, 0.25) is 0 Å². The lowest BCUT2D eigenvalue weighted by Crippen LogP contribution is -1.80. The maximum Gasteiger partial charge on any atom is 0.0630 e. The second-order valence-corrected chi connectivity index (χ2v) is 8.44. The molecule has 0 N–H and O–H groups in total. The van der Waals surface area contributed by atoms with Gasteiger partial charge in [-0.05, 0) is 83.3 Å². The number of benzene rings is 2. The van der Waals surface area contributed by atoms with Crippen molar-refractivity contribution >= 4 is 46.5 Å². The molecule has 0 aliphatic heterocycles. The van der Waals surface area contributed by atoms with Crippen molar-refractivity contribution in [3.05, 3.63) is 92.3 Å². The van der Waals surface area contributed by atoms with Crippen molar-refractivity contribution in [1.82, 2.24) is 0 Å². The molecule has 0 bridgehead atoms. The largest absolute Gasteiger partial charge is 0.255 e. The van der Waals surface area contributed by atoms with Crippen LogP contribution in [0.25, 0.3) is 11.1 Å². The zero-order valence-electron chi connectivity index (χ0n) is 15.8. The highest BCUT2D eigenvalue weighted by Gasteiger charge is 2.00. The molecule has 2 aromatic carbocycles. The number of nitrogens with zero attached hydrogens (tertiary/aromatic N) is 2. The maximum absolute atomic E-state index is 4.58. The van der Waals surface area contributed by atoms with E-state index in [1.807, 2.05) is 12.4 Å². The summed E-state index contributed by atoms with van der Waals surface area (Å²) >= 11 is 3.43. The summed E-state index contributed by atoms with van der Waals surface area (Å²) in [7, 11) is 0. The van der Waals surface area contributed by atoms with Gasteiger partial charge in [-0.25, -0.2) is 0 Å². The van der Waals surface area contributed by atoms with E-state index in [1.54, 1.807) is 22.7 Å². The quantitative estimate of drug-likeness (QED) is 0.308. The smallest absolute Gasteiger partial charge is 0.0630 e. The molecule has 0 unspecified atom stereocenters. The van der Waals surface area contributed by atoms with Crippen molar-refractivity contribution in [1.29, 1.82) is 0 Å². The van der Waals surface area contributed by atoms with Gasteiger partial charge in [-0.2, -0.15) is 0 Å². The van der Waals surface area contributed by atoms with E-state index in [4.69, 9.17) is 0 Å². The van der Waals surface area contributed by atoms with Gasteiger partial charge in [0.15, 0.2) is 0 Å². The van der Waals surface area contributed by atoms with Gasteiger partial charge in [0.05, 0.1) is 11.4 Å². The topological polar surface area (TPSA) is 24.7 Å². The van der Waals surface area contributed by atoms with Gasteiger partial charge in [0.2, 0.25) is 0 Å². The lowest BCUT2D eigenvalue weighted by molar-refractivity contribution is 1.49. The number of aryl methyl sites for hydroxylation is 2. The Balaban J connectivity index is 1.45. The molecule has 4 rings (SSSR count). The molecule has 28 heavy (non-hydrogen) atoms. The predicted molar refractivity (Wildman–Crippen MR) is 124 cm³/mol. The predicted octanol–water partition coefficient (Wildman–Crippen LogP) is 7.59. The molecule has 0 fully saturated rings. The maximum atomic E-state index is 4.58. The summed E-state index contributed by atoms with van der Waals surface area (Å²) in [6, 6.07) is 20.9. The Labute approximate surface area is 173 Å². The molecule has 2 nitrogen and oxygen atoms in total. The van der Waals surface area contributed by atoms with Gasteiger partial charge < -0.3 is 0 Å². The summed E-state index contributed by atoms with van der Waals surface area (Å²) in [5.41, 5.74) is 6.81. The number of aliphatic imine (C=N–C) groups is 2. The lowest BCUT2D eigenvalue weighted by Gasteiger charge is -2.03. The van der Waals surface area contributed by atoms with Crippen molar-refractivity contribution in [2.75, 3.05) is 0 Å². The molecule has 0 atom stereocenters. The monoisotopic (exact) mass is 400 g/mol. The highest BCUT2D eigenvalue weighted by atomic mass is 32.1. The third-order valence-electron chi connectivity index (χ3n) is 4.53. The Kier molecular flexibility index (Phi) is 5.60. The number of rotatable bonds is 5. The molecule has 0 aliphatic carbocycles. The van der Waals surface area contributed by atoms with E-state index >= 15 is 0 Å². The van der Waals surface area contributed by atoms with E-state index in [-0.39, 0.29) is 0 Å². The van der Waals surface area contributed by atoms with Crippen LogP contribution in [0.4, 0.5) is 11.4 Å². The zero-order valence-corrected chi connectivity index (χ0v) is 17.4. The summed E-state index contributed by atoms with van der Waals surface area (Å²) < 4.78 is 0. The molecule has 4 heteroatoms. The SMILES string of the molecule is Cc1ccsc1C=Nc1ccc(-c2ccc(N=Cc3sccc3C)cc2)cc1. The normalized spacial score (nSPS) is 11.6. The first-order chi connectivity index (χ1) is 13.7. The van der Waals surface area contributed by atoms with Crippen LogP contribution in [0.1, 0.15) is 20.9 Å². The number of hydrogen-bond donors (Lipinski definition) is 0. The van der Waals surface area contributed by atoms with E-state index < -0.39 is 0 Å². The minimum atomic E-state index is 0.962. The van der Waals surface area contributed by atoms with Gasteiger partial charge in [0, 0.05) is 22.2 Å². The zero-order chi connectivity index (χ0) is 19.3. The van der Waals surface area contributed by atoms with Crippen LogP contribution in [0, 0.1) is 13.8 Å². The van der Waals surface area contributed by atoms with Crippen molar-refractivity contribution in [2.45, 2.75) is 13.8 Å². The number of thiophene rings is 2. The number of hydrogen-bond acceptors (Lipinski definition) is 4. The minimum Gasteiger partial charge on any atom is -0.255 e. The fourth-order valence-corrected chi connectivity index (χ4v) is 4.35. The second-order valence-electron chi connectivity index (χ2n) is 6.55. The van der Waals surface area contributed by atoms with Crippen molar-refractivity contribution in [3.63, 3.8) is 0 Å². The van der Waals surface area contributed by atoms with Crippen LogP contribution >= 0.6 is 22.7 Å². The van der Waals surface area contributed by atoms with Crippen LogP contribution in [0.15, 0.2) is 81.4 Å². The van der Waals surface area contributed by atoms with E-state index in [9.17, 15) is 0 Å². The van der Waals surface area contributed by atoms with Crippen molar-refractivity contribution in [3.8, 4) is 11.1 Å². The van der Waals surface area contributed by atoms with Gasteiger partial charge in [0.1, 0.15) is 0 Å². The molecule has 2 heterocycles. The first-order valence-electron chi connectivity index (χ1n) is 9.06. The molecular formula is C24H20N2S2. The van der Waals surface area contributed by atoms with E-state index in [2.05, 4.69) is 95.3 Å². The third-order valence-corrected chi connectivity index (χ3v) is 6.44. The average Bonchev–Trinajstić information content (AvgIpc) is 3.33. The van der Waals surface area contributed by atoms with Gasteiger partial charge in [-0.3, -0.25) is 9.98 Å². The Morgan fingerprint density at radius 1 is 0.571 bits per heavy atom. The Morgan fingerprint density at radius 3 is 1.29 bits per heavy atom. The molecule has 2 aromatic heterocycles. The minimum absolute atomic E-state index is 0.962. The third kappa shape index (κ3) is 4.35. The fraction of sp³-hybridized carbons (Fsp3) is 0.0833. The Bertz CT molecular complexity index is 1020. The summed E-state index contributed by atoms with van der Waals surface area (Å²) in [6.45, 7) is 4.21. The highest BCUT2D eigenvalue weighted by Crippen LogP contribution is 2.25. The van der Waals surface area contributed by atoms with Crippen LogP contribution < -0.4 is 0 Å². The van der Waals surface area contributed by atoms with Crippen LogP contribution in [-0.2, 0) is 0 Å². The van der Waals surface area contributed by atoms with Crippen LogP contribution in [0.5, 0.6) is 0 Å². The first kappa shape index (κ1) is 18.5. The van der Waals surface area contributed by atoms with E-state index in [0.717, 1.165) is 11.4 Å².